The van der Waals surface area contributed by atoms with Crippen LogP contribution in [-0.2, 0) is 9.53 Å². The first-order valence-electron chi connectivity index (χ1n) is 6.75. The number of hydrogen-bond donors (Lipinski definition) is 0. The summed E-state index contributed by atoms with van der Waals surface area (Å²) in [5.74, 6) is 6.06. The lowest BCUT2D eigenvalue weighted by Crippen LogP contribution is -2.53. The normalized spacial score (nSPS) is 43.6. The average Bonchev–Trinajstić information content (AvgIpc) is 2.45. The van der Waals surface area contributed by atoms with E-state index < -0.39 is 16.9 Å². The van der Waals surface area contributed by atoms with E-state index in [2.05, 4.69) is 11.8 Å². The third-order valence-electron chi connectivity index (χ3n) is 4.68. The second-order valence-corrected chi connectivity index (χ2v) is 8.12. The van der Waals surface area contributed by atoms with Gasteiger partial charge in [-0.1, -0.05) is 23.6 Å². The molecule has 3 nitrogen and oxygen atoms in total. The Morgan fingerprint density at radius 3 is 2.52 bits per heavy atom. The van der Waals surface area contributed by atoms with Gasteiger partial charge >= 0.3 is 5.30 Å². The summed E-state index contributed by atoms with van der Waals surface area (Å²) in [5, 5.41) is -0.450. The molecule has 0 aliphatic carbocycles. The van der Waals surface area contributed by atoms with Gasteiger partial charge in [-0.2, -0.15) is 0 Å². The van der Waals surface area contributed by atoms with Crippen molar-refractivity contribution in [1.82, 2.24) is 0 Å². The van der Waals surface area contributed by atoms with Crippen LogP contribution in [0.2, 0.25) is 0 Å². The van der Waals surface area contributed by atoms with Crippen LogP contribution in [0.4, 0.5) is 4.79 Å². The summed E-state index contributed by atoms with van der Waals surface area (Å²) in [6.45, 7) is 5.68. The van der Waals surface area contributed by atoms with Gasteiger partial charge in [-0.3, -0.25) is 4.79 Å². The summed E-state index contributed by atoms with van der Waals surface area (Å²) in [4.78, 5) is 23.7. The second-order valence-electron chi connectivity index (χ2n) is 6.01. The van der Waals surface area contributed by atoms with Gasteiger partial charge in [0.1, 0.15) is 6.10 Å². The van der Waals surface area contributed by atoms with Crippen LogP contribution in [0.1, 0.15) is 27.2 Å². The summed E-state index contributed by atoms with van der Waals surface area (Å²) in [5.41, 5.74) is -1.09. The van der Waals surface area contributed by atoms with Crippen molar-refractivity contribution in [3.05, 3.63) is 0 Å². The molecule has 5 atom stereocenters. The zero-order valence-corrected chi connectivity index (χ0v) is 14.0. The highest BCUT2D eigenvalue weighted by molar-refractivity contribution is 8.14. The fraction of sp³-hybridized carbons (Fsp3) is 0.625. The third kappa shape index (κ3) is 2.70. The molecule has 0 aromatic rings. The van der Waals surface area contributed by atoms with Crippen LogP contribution < -0.4 is 0 Å². The minimum absolute atomic E-state index is 0.110. The zero-order chi connectivity index (χ0) is 15.8. The van der Waals surface area contributed by atoms with Crippen LogP contribution in [0.15, 0.2) is 0 Å². The van der Waals surface area contributed by atoms with Crippen molar-refractivity contribution in [3.8, 4) is 24.7 Å². The Balaban J connectivity index is 2.44. The summed E-state index contributed by atoms with van der Waals surface area (Å²) in [6.07, 6.45) is 11.4. The summed E-state index contributed by atoms with van der Waals surface area (Å²) in [6, 6.07) is 0. The molecule has 2 aliphatic rings. The van der Waals surface area contributed by atoms with Gasteiger partial charge in [0.25, 0.3) is 0 Å². The van der Waals surface area contributed by atoms with Gasteiger partial charge in [0.2, 0.25) is 0 Å². The molecule has 2 aliphatic heterocycles. The average molecular weight is 322 g/mol. The molecule has 21 heavy (non-hydrogen) atoms. The molecule has 2 saturated heterocycles. The predicted molar refractivity (Wildman–Crippen MR) is 86.8 cm³/mol. The van der Waals surface area contributed by atoms with E-state index in [-0.39, 0.29) is 21.6 Å². The van der Waals surface area contributed by atoms with Crippen LogP contribution in [-0.4, -0.2) is 27.5 Å². The van der Waals surface area contributed by atoms with E-state index in [9.17, 15) is 9.59 Å². The molecule has 5 heteroatoms. The van der Waals surface area contributed by atoms with Gasteiger partial charge in [-0.05, 0) is 38.5 Å². The maximum absolute atomic E-state index is 11.9. The molecule has 112 valence electrons. The Kier molecular flexibility index (Phi) is 4.38. The topological polar surface area (TPSA) is 43.4 Å². The highest BCUT2D eigenvalue weighted by atomic mass is 32.2. The van der Waals surface area contributed by atoms with Gasteiger partial charge in [0.15, 0.2) is 5.12 Å². The summed E-state index contributed by atoms with van der Waals surface area (Å²) < 4.78 is 5.28. The SMILES string of the molecule is C#CC1(C)CSC(=O)CC1C1SC(=O)OC(C)C1(C)C#C. The molecule has 0 amide bonds. The molecule has 5 unspecified atom stereocenters. The maximum Gasteiger partial charge on any atom is 0.367 e. The zero-order valence-electron chi connectivity index (χ0n) is 12.3. The molecular weight excluding hydrogens is 304 g/mol. The molecule has 0 aromatic carbocycles. The molecule has 0 radical (unpaired) electrons. The van der Waals surface area contributed by atoms with E-state index in [1.165, 1.54) is 11.8 Å². The number of rotatable bonds is 1. The van der Waals surface area contributed by atoms with Crippen LogP contribution in [0, 0.1) is 41.4 Å². The highest BCUT2D eigenvalue weighted by Gasteiger charge is 2.55. The number of carbonyl (C=O) groups is 2. The number of ether oxygens (including phenoxy) is 1. The van der Waals surface area contributed by atoms with Crippen molar-refractivity contribution in [2.75, 3.05) is 5.75 Å². The van der Waals surface area contributed by atoms with Gasteiger partial charge in [0, 0.05) is 22.8 Å². The Labute approximate surface area is 134 Å². The molecule has 0 saturated carbocycles. The molecule has 2 heterocycles. The number of cyclic esters (lactones) is 1. The predicted octanol–water partition coefficient (Wildman–Crippen LogP) is 3.19. The lowest BCUT2D eigenvalue weighted by Gasteiger charge is -2.49. The molecular formula is C16H18O3S2. The van der Waals surface area contributed by atoms with E-state index in [4.69, 9.17) is 17.6 Å². The molecule has 2 rings (SSSR count). The Bertz CT molecular complexity index is 559. The standard InChI is InChI=1S/C16H18O3S2/c1-6-15(4)9-20-12(17)8-11(15)13-16(5,7-2)10(3)19-14(18)21-13/h1-2,10-11,13H,8-9H2,3-5H3. The van der Waals surface area contributed by atoms with Crippen molar-refractivity contribution in [2.24, 2.45) is 16.7 Å². The maximum atomic E-state index is 11.9. The Morgan fingerprint density at radius 2 is 1.95 bits per heavy atom. The minimum Gasteiger partial charge on any atom is -0.453 e. The second kappa shape index (κ2) is 5.63. The van der Waals surface area contributed by atoms with Gasteiger partial charge in [0.05, 0.1) is 5.41 Å². The van der Waals surface area contributed by atoms with Crippen LogP contribution in [0.25, 0.3) is 0 Å². The fourth-order valence-electron chi connectivity index (χ4n) is 2.84. The number of thioether (sulfide) groups is 2. The van der Waals surface area contributed by atoms with Crippen molar-refractivity contribution >= 4 is 33.9 Å². The molecule has 2 fully saturated rings. The first-order valence-corrected chi connectivity index (χ1v) is 8.62. The summed E-state index contributed by atoms with van der Waals surface area (Å²) in [7, 11) is 0. The lowest BCUT2D eigenvalue weighted by atomic mass is 9.66. The minimum atomic E-state index is -0.635. The molecule has 0 aromatic heterocycles. The van der Waals surface area contributed by atoms with E-state index in [1.807, 2.05) is 13.8 Å². The van der Waals surface area contributed by atoms with Crippen molar-refractivity contribution in [1.29, 1.82) is 0 Å². The summed E-state index contributed by atoms with van der Waals surface area (Å²) >= 11 is 2.36. The van der Waals surface area contributed by atoms with Crippen LogP contribution in [0.3, 0.4) is 0 Å². The van der Waals surface area contributed by atoms with Crippen molar-refractivity contribution in [2.45, 2.75) is 38.5 Å². The first kappa shape index (κ1) is 16.3. The van der Waals surface area contributed by atoms with E-state index >= 15 is 0 Å². The van der Waals surface area contributed by atoms with E-state index in [0.717, 1.165) is 11.8 Å². The molecule has 0 bridgehead atoms. The smallest absolute Gasteiger partial charge is 0.367 e. The lowest BCUT2D eigenvalue weighted by molar-refractivity contribution is -0.113. The van der Waals surface area contributed by atoms with Gasteiger partial charge in [-0.15, -0.1) is 12.8 Å². The number of carbonyl (C=O) groups excluding carboxylic acids is 2. The number of hydrogen-bond acceptors (Lipinski definition) is 5. The van der Waals surface area contributed by atoms with Crippen LogP contribution >= 0.6 is 23.5 Å². The fourth-order valence-corrected chi connectivity index (χ4v) is 5.37. The van der Waals surface area contributed by atoms with Gasteiger partial charge in [-0.25, -0.2) is 4.79 Å². The number of terminal acetylenes is 2. The Hall–Kier alpha value is -1.04. The van der Waals surface area contributed by atoms with Gasteiger partial charge < -0.3 is 4.74 Å². The first-order chi connectivity index (χ1) is 9.76. The molecule has 0 spiro atoms. The monoisotopic (exact) mass is 322 g/mol. The van der Waals surface area contributed by atoms with E-state index in [1.54, 1.807) is 6.92 Å². The van der Waals surface area contributed by atoms with Crippen LogP contribution in [0.5, 0.6) is 0 Å². The quantitative estimate of drug-likeness (QED) is 0.548. The Morgan fingerprint density at radius 1 is 1.29 bits per heavy atom. The highest BCUT2D eigenvalue weighted by Crippen LogP contribution is 2.53. The largest absolute Gasteiger partial charge is 0.453 e. The van der Waals surface area contributed by atoms with Crippen molar-refractivity contribution < 1.29 is 14.3 Å². The van der Waals surface area contributed by atoms with Crippen molar-refractivity contribution in [3.63, 3.8) is 0 Å². The molecule has 0 N–H and O–H groups in total. The third-order valence-corrected chi connectivity index (χ3v) is 7.27. The van der Waals surface area contributed by atoms with E-state index in [0.29, 0.717) is 12.2 Å².